The summed E-state index contributed by atoms with van der Waals surface area (Å²) >= 11 is 0. The number of hydrogen-bond acceptors (Lipinski definition) is 5. The molecule has 1 aromatic heterocycles. The molecule has 8 heteroatoms. The lowest BCUT2D eigenvalue weighted by molar-refractivity contribution is -0.166. The van der Waals surface area contributed by atoms with Gasteiger partial charge in [-0.1, -0.05) is 31.2 Å². The topological polar surface area (TPSA) is 95.1 Å². The van der Waals surface area contributed by atoms with Crippen molar-refractivity contribution in [3.05, 3.63) is 59.3 Å². The van der Waals surface area contributed by atoms with Crippen LogP contribution in [-0.2, 0) is 15.1 Å². The van der Waals surface area contributed by atoms with Crippen LogP contribution in [0.2, 0.25) is 0 Å². The molecule has 8 nitrogen and oxygen atoms in total. The van der Waals surface area contributed by atoms with Crippen LogP contribution in [0.4, 0.5) is 0 Å². The minimum absolute atomic E-state index is 0.0177. The maximum absolute atomic E-state index is 13.9. The Labute approximate surface area is 210 Å². The zero-order valence-corrected chi connectivity index (χ0v) is 21.0. The molecule has 2 aliphatic rings. The van der Waals surface area contributed by atoms with Crippen molar-refractivity contribution in [2.45, 2.75) is 38.1 Å². The average Bonchev–Trinajstić information content (AvgIpc) is 3.29. The SMILES string of the molecule is CCCOc1ccc(C2CN3C(=O)CN(CCCO)C(=O)[C@]3(C)c3[nH]c4ccccc4c32)cc1OC. The van der Waals surface area contributed by atoms with E-state index in [1.54, 1.807) is 16.9 Å². The number of methoxy groups -OCH3 is 1. The molecule has 0 bridgehead atoms. The first-order valence-corrected chi connectivity index (χ1v) is 12.6. The summed E-state index contributed by atoms with van der Waals surface area (Å²) in [6, 6.07) is 13.9. The van der Waals surface area contributed by atoms with Gasteiger partial charge in [0, 0.05) is 36.5 Å². The minimum Gasteiger partial charge on any atom is -0.493 e. The fourth-order valence-electron chi connectivity index (χ4n) is 5.65. The van der Waals surface area contributed by atoms with Crippen LogP contribution in [-0.4, -0.2) is 71.7 Å². The quantitative estimate of drug-likeness (QED) is 0.504. The number of aliphatic hydroxyl groups excluding tert-OH is 1. The van der Waals surface area contributed by atoms with Crippen molar-refractivity contribution in [3.8, 4) is 11.5 Å². The van der Waals surface area contributed by atoms with Crippen LogP contribution in [0.15, 0.2) is 42.5 Å². The lowest BCUT2D eigenvalue weighted by Gasteiger charge is -2.51. The summed E-state index contributed by atoms with van der Waals surface area (Å²) in [6.45, 7) is 5.20. The Balaban J connectivity index is 1.66. The van der Waals surface area contributed by atoms with E-state index in [1.807, 2.05) is 43.3 Å². The second kappa shape index (κ2) is 9.50. The number of hydrogen-bond donors (Lipinski definition) is 2. The van der Waals surface area contributed by atoms with Gasteiger partial charge in [-0.15, -0.1) is 0 Å². The fraction of sp³-hybridized carbons (Fsp3) is 0.429. The van der Waals surface area contributed by atoms with Crippen molar-refractivity contribution in [1.82, 2.24) is 14.8 Å². The van der Waals surface area contributed by atoms with Crippen LogP contribution in [0.5, 0.6) is 11.5 Å². The molecule has 5 rings (SSSR count). The third kappa shape index (κ3) is 3.71. The van der Waals surface area contributed by atoms with Gasteiger partial charge in [0.25, 0.3) is 5.91 Å². The Morgan fingerprint density at radius 3 is 2.72 bits per heavy atom. The number of carbonyl (C=O) groups is 2. The second-order valence-corrected chi connectivity index (χ2v) is 9.65. The number of aromatic nitrogens is 1. The summed E-state index contributed by atoms with van der Waals surface area (Å²) in [5.74, 6) is 0.958. The first-order valence-electron chi connectivity index (χ1n) is 12.6. The van der Waals surface area contributed by atoms with Crippen molar-refractivity contribution in [1.29, 1.82) is 0 Å². The predicted molar refractivity (Wildman–Crippen MR) is 136 cm³/mol. The number of nitrogens with one attached hydrogen (secondary N) is 1. The van der Waals surface area contributed by atoms with Crippen molar-refractivity contribution >= 4 is 22.7 Å². The van der Waals surface area contributed by atoms with Crippen LogP contribution in [0.3, 0.4) is 0 Å². The molecule has 2 aromatic carbocycles. The van der Waals surface area contributed by atoms with Gasteiger partial charge in [0.05, 0.1) is 26.0 Å². The van der Waals surface area contributed by atoms with E-state index in [0.29, 0.717) is 37.6 Å². The monoisotopic (exact) mass is 491 g/mol. The Morgan fingerprint density at radius 2 is 1.97 bits per heavy atom. The van der Waals surface area contributed by atoms with E-state index in [0.717, 1.165) is 34.1 Å². The molecule has 0 aliphatic carbocycles. The van der Waals surface area contributed by atoms with Gasteiger partial charge in [0.15, 0.2) is 17.0 Å². The number of benzene rings is 2. The lowest BCUT2D eigenvalue weighted by atomic mass is 9.76. The van der Waals surface area contributed by atoms with E-state index >= 15 is 0 Å². The number of aliphatic hydroxyl groups is 1. The van der Waals surface area contributed by atoms with Crippen LogP contribution in [0.1, 0.15) is 49.4 Å². The number of ether oxygens (including phenoxy) is 2. The highest BCUT2D eigenvalue weighted by atomic mass is 16.5. The van der Waals surface area contributed by atoms with E-state index in [1.165, 1.54) is 0 Å². The first kappa shape index (κ1) is 24.2. The summed E-state index contributed by atoms with van der Waals surface area (Å²) in [5, 5.41) is 10.3. The zero-order valence-electron chi connectivity index (χ0n) is 21.0. The van der Waals surface area contributed by atoms with Crippen LogP contribution in [0, 0.1) is 0 Å². The van der Waals surface area contributed by atoms with Crippen molar-refractivity contribution in [2.75, 3.05) is 40.0 Å². The number of rotatable bonds is 8. The Hall–Kier alpha value is -3.52. The largest absolute Gasteiger partial charge is 0.493 e. The molecule has 190 valence electrons. The smallest absolute Gasteiger partial charge is 0.254 e. The van der Waals surface area contributed by atoms with E-state index in [2.05, 4.69) is 18.0 Å². The number of amides is 2. The maximum atomic E-state index is 13.9. The van der Waals surface area contributed by atoms with Gasteiger partial charge in [0.2, 0.25) is 5.91 Å². The van der Waals surface area contributed by atoms with Gasteiger partial charge in [0.1, 0.15) is 0 Å². The second-order valence-electron chi connectivity index (χ2n) is 9.65. The van der Waals surface area contributed by atoms with Gasteiger partial charge < -0.3 is 29.4 Å². The fourth-order valence-corrected chi connectivity index (χ4v) is 5.65. The van der Waals surface area contributed by atoms with Crippen molar-refractivity contribution in [3.63, 3.8) is 0 Å². The molecule has 2 atom stereocenters. The van der Waals surface area contributed by atoms with Crippen molar-refractivity contribution in [2.24, 2.45) is 0 Å². The average molecular weight is 492 g/mol. The number of carbonyl (C=O) groups excluding carboxylic acids is 2. The van der Waals surface area contributed by atoms with Crippen LogP contribution in [0.25, 0.3) is 10.9 Å². The van der Waals surface area contributed by atoms with Gasteiger partial charge in [-0.05, 0) is 49.1 Å². The van der Waals surface area contributed by atoms with E-state index in [-0.39, 0.29) is 30.9 Å². The molecule has 2 amide bonds. The van der Waals surface area contributed by atoms with Gasteiger partial charge in [-0.25, -0.2) is 0 Å². The highest BCUT2D eigenvalue weighted by Crippen LogP contribution is 2.48. The van der Waals surface area contributed by atoms with Gasteiger partial charge >= 0.3 is 0 Å². The number of para-hydroxylation sites is 1. The molecule has 0 spiro atoms. The molecule has 1 fully saturated rings. The molecule has 3 heterocycles. The number of aromatic amines is 1. The summed E-state index contributed by atoms with van der Waals surface area (Å²) in [4.78, 5) is 34.1. The molecule has 2 aliphatic heterocycles. The Bertz CT molecular complexity index is 1300. The highest BCUT2D eigenvalue weighted by Gasteiger charge is 2.56. The third-order valence-corrected chi connectivity index (χ3v) is 7.46. The Kier molecular flexibility index (Phi) is 6.38. The molecule has 3 aromatic rings. The normalized spacial score (nSPS) is 21.5. The molecular formula is C28H33N3O5. The highest BCUT2D eigenvalue weighted by molar-refractivity contribution is 6.01. The van der Waals surface area contributed by atoms with Crippen LogP contribution >= 0.6 is 0 Å². The lowest BCUT2D eigenvalue weighted by Crippen LogP contribution is -2.67. The molecule has 1 saturated heterocycles. The van der Waals surface area contributed by atoms with E-state index in [4.69, 9.17) is 9.47 Å². The summed E-state index contributed by atoms with van der Waals surface area (Å²) in [6.07, 6.45) is 1.33. The standard InChI is InChI=1S/C28H33N3O5/c1-4-14-36-22-11-10-18(15-23(22)35-3)20-16-31-24(33)17-30(12-7-13-32)27(34)28(31,2)26-25(20)19-8-5-6-9-21(19)29-26/h5-6,8-11,15,20,29,32H,4,7,12-14,16-17H2,1-3H3/t20?,28-/m0/s1. The van der Waals surface area contributed by atoms with E-state index < -0.39 is 5.54 Å². The van der Waals surface area contributed by atoms with Crippen LogP contribution < -0.4 is 9.47 Å². The number of nitrogens with zero attached hydrogens (tertiary/aromatic N) is 2. The number of fused-ring (bicyclic) bond motifs is 5. The summed E-state index contributed by atoms with van der Waals surface area (Å²) in [7, 11) is 1.63. The molecular weight excluding hydrogens is 458 g/mol. The zero-order chi connectivity index (χ0) is 25.4. The third-order valence-electron chi connectivity index (χ3n) is 7.46. The molecule has 2 N–H and O–H groups in total. The molecule has 0 saturated carbocycles. The van der Waals surface area contributed by atoms with E-state index in [9.17, 15) is 14.7 Å². The van der Waals surface area contributed by atoms with Crippen molar-refractivity contribution < 1.29 is 24.2 Å². The maximum Gasteiger partial charge on any atom is 0.254 e. The minimum atomic E-state index is -1.15. The Morgan fingerprint density at radius 1 is 1.17 bits per heavy atom. The first-order chi connectivity index (χ1) is 17.4. The number of piperazine rings is 1. The predicted octanol–water partition coefficient (Wildman–Crippen LogP) is 3.38. The molecule has 36 heavy (non-hydrogen) atoms. The number of H-pyrrole nitrogens is 1. The molecule has 1 unspecified atom stereocenters. The summed E-state index contributed by atoms with van der Waals surface area (Å²) < 4.78 is 11.5. The summed E-state index contributed by atoms with van der Waals surface area (Å²) in [5.41, 5.74) is 2.55. The van der Waals surface area contributed by atoms with Gasteiger partial charge in [-0.3, -0.25) is 9.59 Å². The van der Waals surface area contributed by atoms with Gasteiger partial charge in [-0.2, -0.15) is 0 Å². The molecule has 0 radical (unpaired) electrons.